The van der Waals surface area contributed by atoms with E-state index in [2.05, 4.69) is 0 Å². The predicted octanol–water partition coefficient (Wildman–Crippen LogP) is 4.18. The fourth-order valence-electron chi connectivity index (χ4n) is 1.28. The van der Waals surface area contributed by atoms with Crippen LogP contribution >= 0.6 is 0 Å². The van der Waals surface area contributed by atoms with Crippen molar-refractivity contribution in [1.29, 1.82) is 0 Å². The monoisotopic (exact) mass is 282 g/mol. The van der Waals surface area contributed by atoms with Crippen molar-refractivity contribution in [3.8, 4) is 17.2 Å². The van der Waals surface area contributed by atoms with Crippen molar-refractivity contribution >= 4 is 0 Å². The molecule has 0 saturated heterocycles. The van der Waals surface area contributed by atoms with Gasteiger partial charge in [-0.3, -0.25) is 0 Å². The van der Waals surface area contributed by atoms with Gasteiger partial charge in [-0.2, -0.15) is 0 Å². The van der Waals surface area contributed by atoms with Gasteiger partial charge in [0, 0.05) is 0 Å². The SMILES string of the molecule is Oc1ccccc1.Oc1ccccc1O.c1ccccc1. The summed E-state index contributed by atoms with van der Waals surface area (Å²) in [5.41, 5.74) is 0. The quantitative estimate of drug-likeness (QED) is 0.542. The normalized spacial score (nSPS) is 8.57. The molecule has 21 heavy (non-hydrogen) atoms. The summed E-state index contributed by atoms with van der Waals surface area (Å²) >= 11 is 0. The Morgan fingerprint density at radius 1 is 0.381 bits per heavy atom. The first-order valence-electron chi connectivity index (χ1n) is 6.41. The Morgan fingerprint density at radius 2 is 0.667 bits per heavy atom. The van der Waals surface area contributed by atoms with E-state index in [0.717, 1.165) is 0 Å². The molecule has 3 nitrogen and oxygen atoms in total. The van der Waals surface area contributed by atoms with Gasteiger partial charge in [-0.05, 0) is 24.3 Å². The minimum absolute atomic E-state index is 0.0764. The Hall–Kier alpha value is -2.94. The summed E-state index contributed by atoms with van der Waals surface area (Å²) in [7, 11) is 0. The molecule has 0 saturated carbocycles. The summed E-state index contributed by atoms with van der Waals surface area (Å²) in [5, 5.41) is 26.0. The second-order valence-corrected chi connectivity index (χ2v) is 3.98. The van der Waals surface area contributed by atoms with Gasteiger partial charge < -0.3 is 15.3 Å². The standard InChI is InChI=1S/C6H6O2.C6H6O.C6H6/c7-5-3-1-2-4-6(5)8;7-6-4-2-1-3-5-6;1-2-4-6-5-3-1/h1-4,7-8H;1-5,7H;1-6H. The molecule has 3 heteroatoms. The van der Waals surface area contributed by atoms with Gasteiger partial charge in [-0.25, -0.2) is 0 Å². The van der Waals surface area contributed by atoms with E-state index >= 15 is 0 Å². The predicted molar refractivity (Wildman–Crippen MR) is 84.3 cm³/mol. The van der Waals surface area contributed by atoms with Crippen LogP contribution in [0.4, 0.5) is 0 Å². The molecular weight excluding hydrogens is 264 g/mol. The molecule has 0 aliphatic carbocycles. The van der Waals surface area contributed by atoms with Crippen LogP contribution in [0.25, 0.3) is 0 Å². The largest absolute Gasteiger partial charge is 0.508 e. The molecule has 3 aromatic carbocycles. The highest BCUT2D eigenvalue weighted by molar-refractivity contribution is 5.36. The fraction of sp³-hybridized carbons (Fsp3) is 0. The van der Waals surface area contributed by atoms with Crippen molar-refractivity contribution in [3.63, 3.8) is 0 Å². The number of aromatic hydroxyl groups is 3. The highest BCUT2D eigenvalue weighted by Crippen LogP contribution is 2.21. The molecule has 0 unspecified atom stereocenters. The van der Waals surface area contributed by atoms with E-state index in [1.807, 2.05) is 42.5 Å². The van der Waals surface area contributed by atoms with Crippen molar-refractivity contribution in [3.05, 3.63) is 91.0 Å². The second-order valence-electron chi connectivity index (χ2n) is 3.98. The lowest BCUT2D eigenvalue weighted by atomic mass is 10.3. The summed E-state index contributed by atoms with van der Waals surface area (Å²) < 4.78 is 0. The first-order chi connectivity index (χ1) is 10.2. The zero-order chi connectivity index (χ0) is 15.3. The Balaban J connectivity index is 0.000000159. The molecule has 0 aromatic heterocycles. The fourth-order valence-corrected chi connectivity index (χ4v) is 1.28. The zero-order valence-corrected chi connectivity index (χ0v) is 11.5. The van der Waals surface area contributed by atoms with Crippen molar-refractivity contribution in [2.45, 2.75) is 0 Å². The number of benzene rings is 3. The van der Waals surface area contributed by atoms with E-state index in [4.69, 9.17) is 15.3 Å². The third kappa shape index (κ3) is 7.95. The second kappa shape index (κ2) is 9.92. The zero-order valence-electron chi connectivity index (χ0n) is 11.5. The molecule has 0 aliphatic rings. The van der Waals surface area contributed by atoms with Gasteiger partial charge in [0.2, 0.25) is 0 Å². The lowest BCUT2D eigenvalue weighted by molar-refractivity contribution is 0.404. The van der Waals surface area contributed by atoms with Crippen LogP contribution in [0.5, 0.6) is 17.2 Å². The van der Waals surface area contributed by atoms with Crippen LogP contribution in [0, 0.1) is 0 Å². The average molecular weight is 282 g/mol. The third-order valence-electron chi connectivity index (χ3n) is 2.30. The van der Waals surface area contributed by atoms with Crippen molar-refractivity contribution in [1.82, 2.24) is 0 Å². The maximum Gasteiger partial charge on any atom is 0.157 e. The molecular formula is C18H18O3. The molecule has 3 rings (SSSR count). The van der Waals surface area contributed by atoms with Crippen LogP contribution in [0.2, 0.25) is 0 Å². The van der Waals surface area contributed by atoms with Crippen LogP contribution < -0.4 is 0 Å². The van der Waals surface area contributed by atoms with Crippen LogP contribution in [-0.2, 0) is 0 Å². The smallest absolute Gasteiger partial charge is 0.157 e. The summed E-state index contributed by atoms with van der Waals surface area (Å²) in [6.45, 7) is 0. The van der Waals surface area contributed by atoms with Crippen LogP contribution in [-0.4, -0.2) is 15.3 Å². The average Bonchev–Trinajstić information content (AvgIpc) is 2.54. The highest BCUT2D eigenvalue weighted by Gasteiger charge is 1.90. The molecule has 0 fully saturated rings. The molecule has 0 spiro atoms. The van der Waals surface area contributed by atoms with Crippen molar-refractivity contribution < 1.29 is 15.3 Å². The van der Waals surface area contributed by atoms with Gasteiger partial charge in [-0.1, -0.05) is 66.7 Å². The first kappa shape index (κ1) is 16.1. The van der Waals surface area contributed by atoms with Gasteiger partial charge in [0.05, 0.1) is 0 Å². The topological polar surface area (TPSA) is 60.7 Å². The Morgan fingerprint density at radius 3 is 0.905 bits per heavy atom. The van der Waals surface area contributed by atoms with E-state index in [1.54, 1.807) is 36.4 Å². The van der Waals surface area contributed by atoms with Crippen LogP contribution in [0.15, 0.2) is 91.0 Å². The van der Waals surface area contributed by atoms with E-state index in [9.17, 15) is 0 Å². The number of hydrogen-bond donors (Lipinski definition) is 3. The number of phenolic OH excluding ortho intramolecular Hbond substituents is 3. The van der Waals surface area contributed by atoms with Gasteiger partial charge in [0.15, 0.2) is 11.5 Å². The maximum atomic E-state index is 8.67. The lowest BCUT2D eigenvalue weighted by Crippen LogP contribution is -1.63. The molecule has 0 radical (unpaired) electrons. The van der Waals surface area contributed by atoms with E-state index in [1.165, 1.54) is 12.1 Å². The van der Waals surface area contributed by atoms with Crippen LogP contribution in [0.1, 0.15) is 0 Å². The van der Waals surface area contributed by atoms with Gasteiger partial charge in [-0.15, -0.1) is 0 Å². The Kier molecular flexibility index (Phi) is 7.61. The molecule has 3 aromatic rings. The number of para-hydroxylation sites is 3. The van der Waals surface area contributed by atoms with Gasteiger partial charge >= 0.3 is 0 Å². The van der Waals surface area contributed by atoms with Gasteiger partial charge in [0.1, 0.15) is 5.75 Å². The van der Waals surface area contributed by atoms with E-state index in [-0.39, 0.29) is 11.5 Å². The molecule has 0 aliphatic heterocycles. The molecule has 0 amide bonds. The van der Waals surface area contributed by atoms with E-state index < -0.39 is 0 Å². The molecule has 0 heterocycles. The molecule has 0 bridgehead atoms. The summed E-state index contributed by atoms with van der Waals surface area (Å²) in [4.78, 5) is 0. The molecule has 108 valence electrons. The Bertz CT molecular complexity index is 547. The Labute approximate surface area is 124 Å². The van der Waals surface area contributed by atoms with Crippen molar-refractivity contribution in [2.75, 3.05) is 0 Å². The number of hydrogen-bond acceptors (Lipinski definition) is 3. The minimum Gasteiger partial charge on any atom is -0.508 e. The minimum atomic E-state index is -0.0764. The molecule has 3 N–H and O–H groups in total. The lowest BCUT2D eigenvalue weighted by Gasteiger charge is -1.91. The third-order valence-corrected chi connectivity index (χ3v) is 2.30. The summed E-state index contributed by atoms with van der Waals surface area (Å²) in [6, 6.07) is 26.9. The van der Waals surface area contributed by atoms with Gasteiger partial charge in [0.25, 0.3) is 0 Å². The first-order valence-corrected chi connectivity index (χ1v) is 6.41. The highest BCUT2D eigenvalue weighted by atomic mass is 16.3. The summed E-state index contributed by atoms with van der Waals surface area (Å²) in [5.74, 6) is 0.169. The van der Waals surface area contributed by atoms with Crippen LogP contribution in [0.3, 0.4) is 0 Å². The van der Waals surface area contributed by atoms with E-state index in [0.29, 0.717) is 5.75 Å². The maximum absolute atomic E-state index is 8.67. The van der Waals surface area contributed by atoms with Crippen molar-refractivity contribution in [2.24, 2.45) is 0 Å². The number of rotatable bonds is 0. The molecule has 0 atom stereocenters. The number of phenols is 3. The summed E-state index contributed by atoms with van der Waals surface area (Å²) in [6.07, 6.45) is 0.